The predicted octanol–water partition coefficient (Wildman–Crippen LogP) is 3.80. The van der Waals surface area contributed by atoms with Gasteiger partial charge in [-0.2, -0.15) is 0 Å². The Balaban J connectivity index is 2.09. The van der Waals surface area contributed by atoms with E-state index in [1.807, 2.05) is 24.3 Å². The van der Waals surface area contributed by atoms with Crippen molar-refractivity contribution >= 4 is 33.3 Å². The van der Waals surface area contributed by atoms with E-state index in [-0.39, 0.29) is 0 Å². The van der Waals surface area contributed by atoms with Gasteiger partial charge in [0, 0.05) is 16.7 Å². The van der Waals surface area contributed by atoms with Crippen molar-refractivity contribution < 1.29 is 0 Å². The molecule has 4 nitrogen and oxygen atoms in total. The van der Waals surface area contributed by atoms with E-state index in [0.29, 0.717) is 0 Å². The molecule has 2 aromatic rings. The summed E-state index contributed by atoms with van der Waals surface area (Å²) in [4.78, 5) is 8.59. The quantitative estimate of drug-likeness (QED) is 0.882. The molecule has 0 aliphatic heterocycles. The molecule has 5 heteroatoms. The molecule has 1 heterocycles. The molecule has 0 fully saturated rings. The summed E-state index contributed by atoms with van der Waals surface area (Å²) < 4.78 is 1.03. The Morgan fingerprint density at radius 1 is 1.22 bits per heavy atom. The molecule has 0 aliphatic rings. The number of halogens is 1. The lowest BCUT2D eigenvalue weighted by molar-refractivity contribution is 0.965. The highest BCUT2D eigenvalue weighted by molar-refractivity contribution is 9.10. The number of hydrogen-bond donors (Lipinski definition) is 2. The van der Waals surface area contributed by atoms with Gasteiger partial charge < -0.3 is 10.6 Å². The molecule has 0 spiro atoms. The molecule has 0 aliphatic carbocycles. The van der Waals surface area contributed by atoms with Gasteiger partial charge in [-0.15, -0.1) is 0 Å². The summed E-state index contributed by atoms with van der Waals surface area (Å²) in [6.07, 6.45) is 4.49. The minimum absolute atomic E-state index is 0.731. The maximum Gasteiger partial charge on any atom is 0.151 e. The third kappa shape index (κ3) is 3.70. The first-order valence-corrected chi connectivity index (χ1v) is 6.65. The van der Waals surface area contributed by atoms with E-state index in [1.165, 1.54) is 0 Å². The highest BCUT2D eigenvalue weighted by atomic mass is 79.9. The Morgan fingerprint density at radius 2 is 2.06 bits per heavy atom. The Kier molecular flexibility index (Phi) is 4.52. The van der Waals surface area contributed by atoms with Gasteiger partial charge >= 0.3 is 0 Å². The Morgan fingerprint density at radius 3 is 2.83 bits per heavy atom. The normalized spacial score (nSPS) is 10.1. The van der Waals surface area contributed by atoms with Crippen molar-refractivity contribution in [3.05, 3.63) is 41.1 Å². The van der Waals surface area contributed by atoms with Crippen molar-refractivity contribution in [3.8, 4) is 0 Å². The minimum Gasteiger partial charge on any atom is -0.369 e. The van der Waals surface area contributed by atoms with Crippen LogP contribution in [0, 0.1) is 0 Å². The lowest BCUT2D eigenvalue weighted by Crippen LogP contribution is -2.04. The highest BCUT2D eigenvalue weighted by Crippen LogP contribution is 2.19. The average molecular weight is 307 g/mol. The van der Waals surface area contributed by atoms with Crippen molar-refractivity contribution in [2.75, 3.05) is 17.2 Å². The SMILES string of the molecule is CCCNc1cncc(Nc2cccc(Br)c2)n1. The van der Waals surface area contributed by atoms with Gasteiger partial charge in [0.15, 0.2) is 5.82 Å². The molecule has 0 radical (unpaired) electrons. The summed E-state index contributed by atoms with van der Waals surface area (Å²) in [5.41, 5.74) is 0.978. The number of aromatic nitrogens is 2. The van der Waals surface area contributed by atoms with Crippen molar-refractivity contribution in [2.24, 2.45) is 0 Å². The number of rotatable bonds is 5. The second kappa shape index (κ2) is 6.35. The zero-order valence-corrected chi connectivity index (χ0v) is 11.7. The van der Waals surface area contributed by atoms with E-state index in [4.69, 9.17) is 0 Å². The minimum atomic E-state index is 0.731. The lowest BCUT2D eigenvalue weighted by Gasteiger charge is -2.08. The van der Waals surface area contributed by atoms with Crippen molar-refractivity contribution in [3.63, 3.8) is 0 Å². The topological polar surface area (TPSA) is 49.8 Å². The molecule has 1 aromatic carbocycles. The van der Waals surface area contributed by atoms with Crippen LogP contribution in [-0.4, -0.2) is 16.5 Å². The third-order valence-corrected chi connectivity index (χ3v) is 2.78. The Bertz CT molecular complexity index is 516. The van der Waals surface area contributed by atoms with Gasteiger partial charge in [-0.05, 0) is 24.6 Å². The van der Waals surface area contributed by atoms with Crippen LogP contribution in [0.4, 0.5) is 17.3 Å². The summed E-state index contributed by atoms with van der Waals surface area (Å²) in [5.74, 6) is 1.52. The Labute approximate surface area is 115 Å². The molecule has 0 saturated heterocycles. The van der Waals surface area contributed by atoms with Gasteiger partial charge in [-0.1, -0.05) is 28.9 Å². The third-order valence-electron chi connectivity index (χ3n) is 2.29. The average Bonchev–Trinajstić information content (AvgIpc) is 2.37. The predicted molar refractivity (Wildman–Crippen MR) is 78.2 cm³/mol. The largest absolute Gasteiger partial charge is 0.369 e. The van der Waals surface area contributed by atoms with E-state index in [0.717, 1.165) is 34.8 Å². The molecule has 18 heavy (non-hydrogen) atoms. The van der Waals surface area contributed by atoms with Crippen LogP contribution in [0.15, 0.2) is 41.1 Å². The first-order valence-electron chi connectivity index (χ1n) is 5.86. The van der Waals surface area contributed by atoms with Crippen LogP contribution >= 0.6 is 15.9 Å². The van der Waals surface area contributed by atoms with Crippen molar-refractivity contribution in [1.82, 2.24) is 9.97 Å². The van der Waals surface area contributed by atoms with Crippen molar-refractivity contribution in [2.45, 2.75) is 13.3 Å². The first-order chi connectivity index (χ1) is 8.78. The Hall–Kier alpha value is -1.62. The number of hydrogen-bond acceptors (Lipinski definition) is 4. The molecule has 1 aromatic heterocycles. The van der Waals surface area contributed by atoms with E-state index in [2.05, 4.69) is 43.5 Å². The molecular weight excluding hydrogens is 292 g/mol. The van der Waals surface area contributed by atoms with Crippen LogP contribution in [0.1, 0.15) is 13.3 Å². The second-order valence-electron chi connectivity index (χ2n) is 3.85. The molecule has 94 valence electrons. The molecule has 0 saturated carbocycles. The van der Waals surface area contributed by atoms with E-state index in [1.54, 1.807) is 12.4 Å². The number of anilines is 3. The maximum absolute atomic E-state index is 4.44. The van der Waals surface area contributed by atoms with E-state index >= 15 is 0 Å². The van der Waals surface area contributed by atoms with Crippen LogP contribution in [-0.2, 0) is 0 Å². The lowest BCUT2D eigenvalue weighted by atomic mass is 10.3. The summed E-state index contributed by atoms with van der Waals surface area (Å²) in [6.45, 7) is 3.01. The molecule has 2 rings (SSSR count). The standard InChI is InChI=1S/C13H15BrN4/c1-2-6-16-12-8-15-9-13(18-12)17-11-5-3-4-10(14)7-11/h3-5,7-9H,2,6H2,1H3,(H2,16,17,18). The summed E-state index contributed by atoms with van der Waals surface area (Å²) in [6, 6.07) is 7.93. The van der Waals surface area contributed by atoms with Crippen LogP contribution < -0.4 is 10.6 Å². The van der Waals surface area contributed by atoms with Gasteiger partial charge in [-0.3, -0.25) is 4.98 Å². The summed E-state index contributed by atoms with van der Waals surface area (Å²) in [5, 5.41) is 6.43. The van der Waals surface area contributed by atoms with Crippen LogP contribution in [0.25, 0.3) is 0 Å². The van der Waals surface area contributed by atoms with Crippen molar-refractivity contribution in [1.29, 1.82) is 0 Å². The fourth-order valence-electron chi connectivity index (χ4n) is 1.48. The molecule has 0 bridgehead atoms. The number of nitrogens with one attached hydrogen (secondary N) is 2. The zero-order chi connectivity index (χ0) is 12.8. The van der Waals surface area contributed by atoms with Crippen LogP contribution in [0.3, 0.4) is 0 Å². The van der Waals surface area contributed by atoms with Gasteiger partial charge in [0.05, 0.1) is 12.4 Å². The van der Waals surface area contributed by atoms with E-state index in [9.17, 15) is 0 Å². The smallest absolute Gasteiger partial charge is 0.151 e. The molecule has 0 unspecified atom stereocenters. The molecular formula is C13H15BrN4. The molecule has 0 amide bonds. The maximum atomic E-state index is 4.44. The number of benzene rings is 1. The zero-order valence-electron chi connectivity index (χ0n) is 10.2. The summed E-state index contributed by atoms with van der Waals surface area (Å²) in [7, 11) is 0. The highest BCUT2D eigenvalue weighted by Gasteiger charge is 1.99. The fourth-order valence-corrected chi connectivity index (χ4v) is 1.88. The van der Waals surface area contributed by atoms with Gasteiger partial charge in [0.25, 0.3) is 0 Å². The van der Waals surface area contributed by atoms with Gasteiger partial charge in [-0.25, -0.2) is 4.98 Å². The monoisotopic (exact) mass is 306 g/mol. The second-order valence-corrected chi connectivity index (χ2v) is 4.77. The fraction of sp³-hybridized carbons (Fsp3) is 0.231. The molecule has 0 atom stereocenters. The van der Waals surface area contributed by atoms with E-state index < -0.39 is 0 Å². The van der Waals surface area contributed by atoms with Crippen LogP contribution in [0.2, 0.25) is 0 Å². The molecule has 2 N–H and O–H groups in total. The number of nitrogens with zero attached hydrogens (tertiary/aromatic N) is 2. The first kappa shape index (κ1) is 12.8. The van der Waals surface area contributed by atoms with Gasteiger partial charge in [0.2, 0.25) is 0 Å². The van der Waals surface area contributed by atoms with Gasteiger partial charge in [0.1, 0.15) is 5.82 Å². The van der Waals surface area contributed by atoms with Crippen LogP contribution in [0.5, 0.6) is 0 Å². The summed E-state index contributed by atoms with van der Waals surface area (Å²) >= 11 is 3.44.